The number of methoxy groups -OCH3 is 2. The number of ether oxygens (including phenoxy) is 2. The molecule has 1 saturated heterocycles. The van der Waals surface area contributed by atoms with Gasteiger partial charge in [0.15, 0.2) is 5.82 Å². The van der Waals surface area contributed by atoms with Crippen LogP contribution in [0, 0.1) is 0 Å². The first-order valence-electron chi connectivity index (χ1n) is 17.1. The number of carbonyl (C=O) groups excluding carboxylic acids is 1. The van der Waals surface area contributed by atoms with Gasteiger partial charge in [-0.3, -0.25) is 4.79 Å². The second kappa shape index (κ2) is 16.2. The van der Waals surface area contributed by atoms with Crippen LogP contribution in [0.15, 0.2) is 79.1 Å². The van der Waals surface area contributed by atoms with E-state index in [1.807, 2.05) is 42.6 Å². The Kier molecular flexibility index (Phi) is 11.3. The number of para-hydroxylation sites is 2. The lowest BCUT2D eigenvalue weighted by molar-refractivity contribution is -0.192. The molecular formula is C38H40F3N7O5. The number of alkyl halides is 3. The van der Waals surface area contributed by atoms with E-state index >= 15 is 0 Å². The molecule has 53 heavy (non-hydrogen) atoms. The summed E-state index contributed by atoms with van der Waals surface area (Å²) in [6.45, 7) is 1.32. The first-order valence-corrected chi connectivity index (χ1v) is 17.1. The van der Waals surface area contributed by atoms with Gasteiger partial charge in [-0.25, -0.2) is 4.79 Å². The molecule has 5 N–H and O–H groups in total. The summed E-state index contributed by atoms with van der Waals surface area (Å²) in [7, 11) is 3.31. The number of fused-ring (bicyclic) bond motifs is 2. The average Bonchev–Trinajstić information content (AvgIpc) is 3.98. The van der Waals surface area contributed by atoms with Gasteiger partial charge < -0.3 is 39.7 Å². The highest BCUT2D eigenvalue weighted by Crippen LogP contribution is 2.30. The van der Waals surface area contributed by atoms with E-state index in [1.54, 1.807) is 14.2 Å². The Bertz CT molecular complexity index is 2190. The standard InChI is InChI=1S/C36H39N7O3.C2HF3O2/c1-45-26-15-13-24(33(19-26)46-2)22-43-34(16-14-23-20-38-29-10-5-3-8-27(23)29)41-42-35(43)32(40-36(44)31-12-7-17-37-31)18-25-21-39-30-11-6-4-9-28(25)30;3-2(4,5)1(6)7/h3-6,8-11,13,15,19-21,31-32,37-39H,7,12,14,16-18,22H2,1-2H3,(H,40,44);(H,6,7)/t31-,32+;/m0./s1. The summed E-state index contributed by atoms with van der Waals surface area (Å²) in [4.78, 5) is 29.3. The maximum atomic E-state index is 13.6. The summed E-state index contributed by atoms with van der Waals surface area (Å²) in [6.07, 6.45) is 2.84. The number of rotatable bonds is 12. The Balaban J connectivity index is 0.000000626. The lowest BCUT2D eigenvalue weighted by Gasteiger charge is -2.22. The van der Waals surface area contributed by atoms with Crippen LogP contribution in [-0.2, 0) is 35.4 Å². The number of aromatic nitrogens is 5. The van der Waals surface area contributed by atoms with Gasteiger partial charge in [0.05, 0.1) is 32.8 Å². The number of hydrogen-bond acceptors (Lipinski definition) is 7. The van der Waals surface area contributed by atoms with Crippen LogP contribution >= 0.6 is 0 Å². The number of nitrogens with one attached hydrogen (secondary N) is 4. The lowest BCUT2D eigenvalue weighted by atomic mass is 10.0. The number of benzene rings is 3. The van der Waals surface area contributed by atoms with E-state index in [9.17, 15) is 18.0 Å². The minimum absolute atomic E-state index is 0.0146. The number of amides is 1. The highest BCUT2D eigenvalue weighted by molar-refractivity contribution is 5.85. The van der Waals surface area contributed by atoms with Crippen molar-refractivity contribution in [1.29, 1.82) is 0 Å². The minimum Gasteiger partial charge on any atom is -0.497 e. The van der Waals surface area contributed by atoms with Crippen LogP contribution in [0.5, 0.6) is 11.5 Å². The van der Waals surface area contributed by atoms with E-state index in [0.29, 0.717) is 31.0 Å². The zero-order valence-electron chi connectivity index (χ0n) is 29.2. The summed E-state index contributed by atoms with van der Waals surface area (Å²) in [5.74, 6) is 0.220. The van der Waals surface area contributed by atoms with Crippen molar-refractivity contribution < 1.29 is 37.3 Å². The molecule has 15 heteroatoms. The molecule has 1 aliphatic rings. The maximum Gasteiger partial charge on any atom is 0.490 e. The first kappa shape index (κ1) is 36.9. The topological polar surface area (TPSA) is 159 Å². The maximum absolute atomic E-state index is 13.6. The highest BCUT2D eigenvalue weighted by Gasteiger charge is 2.38. The molecule has 3 aromatic carbocycles. The second-order valence-electron chi connectivity index (χ2n) is 12.7. The summed E-state index contributed by atoms with van der Waals surface area (Å²) in [6, 6.07) is 21.8. The van der Waals surface area contributed by atoms with E-state index in [0.717, 1.165) is 64.9 Å². The first-order chi connectivity index (χ1) is 25.5. The van der Waals surface area contributed by atoms with Gasteiger partial charge in [0, 0.05) is 58.7 Å². The Labute approximate surface area is 302 Å². The highest BCUT2D eigenvalue weighted by atomic mass is 19.4. The number of hydrogen-bond donors (Lipinski definition) is 5. The molecule has 0 unspecified atom stereocenters. The van der Waals surface area contributed by atoms with Crippen molar-refractivity contribution in [1.82, 2.24) is 35.4 Å². The Morgan fingerprint density at radius 1 is 0.925 bits per heavy atom. The summed E-state index contributed by atoms with van der Waals surface area (Å²) < 4.78 is 45.1. The predicted molar refractivity (Wildman–Crippen MR) is 192 cm³/mol. The molecule has 0 radical (unpaired) electrons. The van der Waals surface area contributed by atoms with Crippen molar-refractivity contribution >= 4 is 33.7 Å². The number of aromatic amines is 2. The molecule has 0 spiro atoms. The van der Waals surface area contributed by atoms with Gasteiger partial charge in [0.25, 0.3) is 0 Å². The van der Waals surface area contributed by atoms with Crippen molar-refractivity contribution in [3.63, 3.8) is 0 Å². The average molecular weight is 732 g/mol. The molecule has 6 aromatic rings. The Morgan fingerprint density at radius 2 is 1.58 bits per heavy atom. The number of nitrogens with zero attached hydrogens (tertiary/aromatic N) is 3. The zero-order chi connectivity index (χ0) is 37.5. The predicted octanol–water partition coefficient (Wildman–Crippen LogP) is 5.88. The van der Waals surface area contributed by atoms with E-state index < -0.39 is 18.2 Å². The third-order valence-electron chi connectivity index (χ3n) is 9.32. The smallest absolute Gasteiger partial charge is 0.490 e. The van der Waals surface area contributed by atoms with Crippen LogP contribution in [0.3, 0.4) is 0 Å². The summed E-state index contributed by atoms with van der Waals surface area (Å²) in [5, 5.41) is 25.7. The van der Waals surface area contributed by atoms with Crippen molar-refractivity contribution in [3.05, 3.63) is 107 Å². The summed E-state index contributed by atoms with van der Waals surface area (Å²) >= 11 is 0. The van der Waals surface area contributed by atoms with Crippen LogP contribution in [-0.4, -0.2) is 74.7 Å². The molecule has 3 aromatic heterocycles. The quantitative estimate of drug-likeness (QED) is 0.104. The molecule has 12 nitrogen and oxygen atoms in total. The normalized spacial score (nSPS) is 14.8. The van der Waals surface area contributed by atoms with Gasteiger partial charge >= 0.3 is 12.1 Å². The van der Waals surface area contributed by atoms with Crippen molar-refractivity contribution in [2.45, 2.75) is 56.9 Å². The fraction of sp³-hybridized carbons (Fsp3) is 0.316. The Hall–Kier alpha value is -5.83. The van der Waals surface area contributed by atoms with Crippen LogP contribution in [0.2, 0.25) is 0 Å². The van der Waals surface area contributed by atoms with Gasteiger partial charge in [0.1, 0.15) is 17.3 Å². The molecular weight excluding hydrogens is 691 g/mol. The second-order valence-corrected chi connectivity index (χ2v) is 12.7. The monoisotopic (exact) mass is 731 g/mol. The largest absolute Gasteiger partial charge is 0.497 e. The molecule has 2 atom stereocenters. The van der Waals surface area contributed by atoms with Crippen molar-refractivity contribution in [3.8, 4) is 11.5 Å². The number of H-pyrrole nitrogens is 2. The number of carboxylic acid groups (broad SMARTS) is 1. The number of aryl methyl sites for hydroxylation is 2. The third-order valence-corrected chi connectivity index (χ3v) is 9.32. The van der Waals surface area contributed by atoms with Gasteiger partial charge in [-0.05, 0) is 61.2 Å². The number of carbonyl (C=O) groups is 2. The van der Waals surface area contributed by atoms with Crippen LogP contribution in [0.1, 0.15) is 47.2 Å². The molecule has 278 valence electrons. The molecule has 1 amide bonds. The molecule has 4 heterocycles. The number of carboxylic acids is 1. The fourth-order valence-corrected chi connectivity index (χ4v) is 6.61. The van der Waals surface area contributed by atoms with Crippen LogP contribution in [0.25, 0.3) is 21.8 Å². The summed E-state index contributed by atoms with van der Waals surface area (Å²) in [5.41, 5.74) is 5.47. The van der Waals surface area contributed by atoms with Gasteiger partial charge in [-0.15, -0.1) is 10.2 Å². The van der Waals surface area contributed by atoms with Gasteiger partial charge in [-0.1, -0.05) is 36.4 Å². The zero-order valence-corrected chi connectivity index (χ0v) is 29.2. The Morgan fingerprint density at radius 3 is 2.21 bits per heavy atom. The number of aliphatic carboxylic acids is 1. The van der Waals surface area contributed by atoms with Crippen LogP contribution in [0.4, 0.5) is 13.2 Å². The number of halogens is 3. The SMILES string of the molecule is COc1ccc(Cn2c(CCc3c[nH]c4ccccc34)nnc2[C@@H](Cc2c[nH]c3ccccc23)NC(=O)[C@@H]2CCCN2)c(OC)c1.O=C(O)C(F)(F)F. The molecule has 0 saturated carbocycles. The lowest BCUT2D eigenvalue weighted by Crippen LogP contribution is -2.43. The van der Waals surface area contributed by atoms with Crippen molar-refractivity contribution in [2.75, 3.05) is 20.8 Å². The fourth-order valence-electron chi connectivity index (χ4n) is 6.61. The van der Waals surface area contributed by atoms with E-state index in [1.165, 1.54) is 10.9 Å². The van der Waals surface area contributed by atoms with Gasteiger partial charge in [-0.2, -0.15) is 13.2 Å². The molecule has 0 aliphatic carbocycles. The third kappa shape index (κ3) is 8.63. The van der Waals surface area contributed by atoms with Gasteiger partial charge in [0.2, 0.25) is 5.91 Å². The molecule has 1 aliphatic heterocycles. The minimum atomic E-state index is -5.08. The van der Waals surface area contributed by atoms with Crippen molar-refractivity contribution in [2.24, 2.45) is 0 Å². The van der Waals surface area contributed by atoms with E-state index in [2.05, 4.69) is 61.7 Å². The molecule has 0 bridgehead atoms. The molecule has 1 fully saturated rings. The van der Waals surface area contributed by atoms with E-state index in [-0.39, 0.29) is 11.9 Å². The van der Waals surface area contributed by atoms with Crippen LogP contribution < -0.4 is 20.1 Å². The molecule has 7 rings (SSSR count). The van der Waals surface area contributed by atoms with E-state index in [4.69, 9.17) is 29.6 Å².